The third-order valence-corrected chi connectivity index (χ3v) is 4.73. The largest absolute Gasteiger partial charge is 0.481 e. The van der Waals surface area contributed by atoms with Crippen LogP contribution in [-0.2, 0) is 9.59 Å². The predicted octanol–water partition coefficient (Wildman–Crippen LogP) is 3.43. The smallest absolute Gasteiger partial charge is 0.310 e. The molecule has 1 aromatic heterocycles. The van der Waals surface area contributed by atoms with E-state index in [1.54, 1.807) is 18.3 Å². The summed E-state index contributed by atoms with van der Waals surface area (Å²) in [4.78, 5) is 32.4. The molecular weight excluding hydrogens is 318 g/mol. The van der Waals surface area contributed by atoms with Gasteiger partial charge in [-0.05, 0) is 50.1 Å². The number of anilines is 1. The Morgan fingerprint density at radius 3 is 2.44 bits per heavy atom. The summed E-state index contributed by atoms with van der Waals surface area (Å²) in [5, 5.41) is 12.3. The molecule has 0 atom stereocenters. The van der Waals surface area contributed by atoms with Gasteiger partial charge in [-0.3, -0.25) is 9.59 Å². The van der Waals surface area contributed by atoms with Crippen molar-refractivity contribution in [2.24, 2.45) is 5.41 Å². The van der Waals surface area contributed by atoms with Crippen LogP contribution in [-0.4, -0.2) is 27.0 Å². The van der Waals surface area contributed by atoms with Crippen molar-refractivity contribution in [3.8, 4) is 11.4 Å². The number of carbonyl (C=O) groups is 2. The molecule has 6 heteroatoms. The van der Waals surface area contributed by atoms with Gasteiger partial charge in [-0.2, -0.15) is 0 Å². The Hall–Kier alpha value is -2.76. The van der Waals surface area contributed by atoms with Crippen LogP contribution in [0, 0.1) is 12.3 Å². The van der Waals surface area contributed by atoms with Gasteiger partial charge < -0.3 is 10.4 Å². The average Bonchev–Trinajstić information content (AvgIpc) is 3.05. The Kier molecular flexibility index (Phi) is 4.79. The highest BCUT2D eigenvalue weighted by atomic mass is 16.4. The van der Waals surface area contributed by atoms with Crippen molar-refractivity contribution in [1.29, 1.82) is 0 Å². The second-order valence-corrected chi connectivity index (χ2v) is 6.62. The van der Waals surface area contributed by atoms with E-state index in [2.05, 4.69) is 15.3 Å². The van der Waals surface area contributed by atoms with Gasteiger partial charge in [0.1, 0.15) is 0 Å². The molecule has 0 unspecified atom stereocenters. The molecule has 0 bridgehead atoms. The van der Waals surface area contributed by atoms with Gasteiger partial charge in [0.2, 0.25) is 5.91 Å². The number of carboxylic acid groups (broad SMARTS) is 1. The molecule has 1 aliphatic rings. The van der Waals surface area contributed by atoms with Crippen LogP contribution < -0.4 is 5.32 Å². The van der Waals surface area contributed by atoms with E-state index in [0.717, 1.165) is 24.1 Å². The highest BCUT2D eigenvalue weighted by molar-refractivity contribution is 5.94. The SMILES string of the molecule is Cc1ccnc(-c2ccc(NC(=O)CC3(C(=O)O)CCCC3)cc2)n1. The first-order chi connectivity index (χ1) is 12.0. The molecule has 1 saturated carbocycles. The number of aromatic nitrogens is 2. The van der Waals surface area contributed by atoms with Crippen LogP contribution in [0.1, 0.15) is 37.8 Å². The van der Waals surface area contributed by atoms with Crippen LogP contribution >= 0.6 is 0 Å². The molecule has 0 spiro atoms. The number of carbonyl (C=O) groups excluding carboxylic acids is 1. The maximum absolute atomic E-state index is 12.3. The van der Waals surface area contributed by atoms with Crippen LogP contribution in [0.25, 0.3) is 11.4 Å². The number of hydrogen-bond acceptors (Lipinski definition) is 4. The summed E-state index contributed by atoms with van der Waals surface area (Å²) < 4.78 is 0. The van der Waals surface area contributed by atoms with E-state index in [0.29, 0.717) is 24.4 Å². The molecule has 2 aromatic rings. The molecule has 0 radical (unpaired) electrons. The Morgan fingerprint density at radius 2 is 1.84 bits per heavy atom. The summed E-state index contributed by atoms with van der Waals surface area (Å²) in [6.45, 7) is 1.90. The Balaban J connectivity index is 1.67. The first-order valence-electron chi connectivity index (χ1n) is 8.42. The number of benzene rings is 1. The summed E-state index contributed by atoms with van der Waals surface area (Å²) in [7, 11) is 0. The minimum absolute atomic E-state index is 0.0189. The zero-order valence-corrected chi connectivity index (χ0v) is 14.2. The lowest BCUT2D eigenvalue weighted by atomic mass is 9.82. The molecular formula is C19H21N3O3. The van der Waals surface area contributed by atoms with Gasteiger partial charge in [0.15, 0.2) is 5.82 Å². The van der Waals surface area contributed by atoms with Crippen LogP contribution in [0.15, 0.2) is 36.5 Å². The molecule has 1 aromatic carbocycles. The fourth-order valence-electron chi connectivity index (χ4n) is 3.32. The van der Waals surface area contributed by atoms with Crippen LogP contribution in [0.4, 0.5) is 5.69 Å². The lowest BCUT2D eigenvalue weighted by molar-refractivity contribution is -0.150. The topological polar surface area (TPSA) is 92.2 Å². The van der Waals surface area contributed by atoms with Crippen molar-refractivity contribution in [2.45, 2.75) is 39.0 Å². The fourth-order valence-corrected chi connectivity index (χ4v) is 3.32. The third-order valence-electron chi connectivity index (χ3n) is 4.73. The number of carboxylic acids is 1. The Labute approximate surface area is 146 Å². The second kappa shape index (κ2) is 7.01. The highest BCUT2D eigenvalue weighted by Gasteiger charge is 2.42. The van der Waals surface area contributed by atoms with Gasteiger partial charge in [0.25, 0.3) is 0 Å². The van der Waals surface area contributed by atoms with Gasteiger partial charge in [-0.15, -0.1) is 0 Å². The molecule has 0 saturated heterocycles. The standard InChI is InChI=1S/C19H21N3O3/c1-13-8-11-20-17(21-13)14-4-6-15(7-5-14)22-16(23)12-19(18(24)25)9-2-3-10-19/h4-8,11H,2-3,9-10,12H2,1H3,(H,22,23)(H,24,25). The molecule has 25 heavy (non-hydrogen) atoms. The number of aryl methyl sites for hydroxylation is 1. The molecule has 3 rings (SSSR count). The Morgan fingerprint density at radius 1 is 1.16 bits per heavy atom. The molecule has 6 nitrogen and oxygen atoms in total. The minimum Gasteiger partial charge on any atom is -0.481 e. The summed E-state index contributed by atoms with van der Waals surface area (Å²) in [5.74, 6) is -0.496. The van der Waals surface area contributed by atoms with E-state index in [9.17, 15) is 14.7 Å². The third kappa shape index (κ3) is 3.84. The molecule has 1 fully saturated rings. The first kappa shape index (κ1) is 17.1. The quantitative estimate of drug-likeness (QED) is 0.871. The van der Waals surface area contributed by atoms with E-state index in [-0.39, 0.29) is 12.3 Å². The summed E-state index contributed by atoms with van der Waals surface area (Å²) in [6, 6.07) is 9.07. The highest BCUT2D eigenvalue weighted by Crippen LogP contribution is 2.41. The number of hydrogen-bond donors (Lipinski definition) is 2. The van der Waals surface area contributed by atoms with Crippen molar-refractivity contribution in [3.63, 3.8) is 0 Å². The lowest BCUT2D eigenvalue weighted by Gasteiger charge is -2.22. The number of nitrogens with one attached hydrogen (secondary N) is 1. The molecule has 1 heterocycles. The van der Waals surface area contributed by atoms with Crippen molar-refractivity contribution < 1.29 is 14.7 Å². The van der Waals surface area contributed by atoms with Crippen LogP contribution in [0.5, 0.6) is 0 Å². The number of amides is 1. The van der Waals surface area contributed by atoms with Gasteiger partial charge in [0, 0.05) is 29.6 Å². The average molecular weight is 339 g/mol. The van der Waals surface area contributed by atoms with E-state index >= 15 is 0 Å². The van der Waals surface area contributed by atoms with Crippen molar-refractivity contribution >= 4 is 17.6 Å². The van der Waals surface area contributed by atoms with E-state index < -0.39 is 11.4 Å². The summed E-state index contributed by atoms with van der Waals surface area (Å²) >= 11 is 0. The minimum atomic E-state index is -0.903. The van der Waals surface area contributed by atoms with Crippen LogP contribution in [0.2, 0.25) is 0 Å². The van der Waals surface area contributed by atoms with Gasteiger partial charge in [-0.25, -0.2) is 9.97 Å². The van der Waals surface area contributed by atoms with Gasteiger partial charge in [-0.1, -0.05) is 12.8 Å². The number of aliphatic carboxylic acids is 1. The molecule has 130 valence electrons. The predicted molar refractivity (Wildman–Crippen MR) is 94.0 cm³/mol. The second-order valence-electron chi connectivity index (χ2n) is 6.62. The fraction of sp³-hybridized carbons (Fsp3) is 0.368. The van der Waals surface area contributed by atoms with E-state index in [1.165, 1.54) is 0 Å². The maximum Gasteiger partial charge on any atom is 0.310 e. The monoisotopic (exact) mass is 339 g/mol. The van der Waals surface area contributed by atoms with Crippen molar-refractivity contribution in [3.05, 3.63) is 42.2 Å². The van der Waals surface area contributed by atoms with Crippen molar-refractivity contribution in [2.75, 3.05) is 5.32 Å². The molecule has 2 N–H and O–H groups in total. The van der Waals surface area contributed by atoms with Gasteiger partial charge >= 0.3 is 5.97 Å². The Bertz CT molecular complexity index is 781. The molecule has 0 aliphatic heterocycles. The summed E-state index contributed by atoms with van der Waals surface area (Å²) in [5.41, 5.74) is 1.48. The zero-order chi connectivity index (χ0) is 17.9. The first-order valence-corrected chi connectivity index (χ1v) is 8.42. The van der Waals surface area contributed by atoms with Crippen LogP contribution in [0.3, 0.4) is 0 Å². The van der Waals surface area contributed by atoms with Gasteiger partial charge in [0.05, 0.1) is 5.41 Å². The van der Waals surface area contributed by atoms with Crippen molar-refractivity contribution in [1.82, 2.24) is 9.97 Å². The number of nitrogens with zero attached hydrogens (tertiary/aromatic N) is 2. The normalized spacial score (nSPS) is 15.7. The molecule has 1 amide bonds. The lowest BCUT2D eigenvalue weighted by Crippen LogP contribution is -2.32. The van der Waals surface area contributed by atoms with E-state index in [4.69, 9.17) is 0 Å². The molecule has 1 aliphatic carbocycles. The van der Waals surface area contributed by atoms with E-state index in [1.807, 2.05) is 25.1 Å². The number of rotatable bonds is 5. The zero-order valence-electron chi connectivity index (χ0n) is 14.2. The summed E-state index contributed by atoms with van der Waals surface area (Å²) in [6.07, 6.45) is 4.60. The maximum atomic E-state index is 12.3.